The van der Waals surface area contributed by atoms with Crippen molar-refractivity contribution in [2.24, 2.45) is 4.99 Å². The van der Waals surface area contributed by atoms with Gasteiger partial charge in [0.2, 0.25) is 0 Å². The predicted octanol–water partition coefficient (Wildman–Crippen LogP) is 3.99. The van der Waals surface area contributed by atoms with Crippen LogP contribution < -0.4 is 20.7 Å². The Morgan fingerprint density at radius 2 is 1.70 bits per heavy atom. The number of guanidine groups is 1. The van der Waals surface area contributed by atoms with Crippen molar-refractivity contribution in [3.05, 3.63) is 59.7 Å². The maximum Gasteiger partial charge on any atom is 0.411 e. The van der Waals surface area contributed by atoms with Gasteiger partial charge in [0.05, 0.1) is 20.3 Å². The molecule has 0 spiro atoms. The molecule has 1 amide bonds. The Balaban J connectivity index is 0.00000385. The number of aliphatic imine (C=N–C) groups is 1. The molecule has 0 aromatic heterocycles. The number of likely N-dealkylation sites (tertiary alicyclic amines) is 1. The maximum absolute atomic E-state index is 11.3. The van der Waals surface area contributed by atoms with Crippen LogP contribution in [0.2, 0.25) is 0 Å². The van der Waals surface area contributed by atoms with Crippen molar-refractivity contribution in [3.63, 3.8) is 0 Å². The number of hydrogen-bond donors (Lipinski definition) is 3. The van der Waals surface area contributed by atoms with E-state index in [0.717, 1.165) is 36.9 Å². The zero-order chi connectivity index (χ0) is 22.8. The number of nitrogens with zero attached hydrogens (tertiary/aromatic N) is 2. The largest absolute Gasteiger partial charge is 0.497 e. The van der Waals surface area contributed by atoms with Gasteiger partial charge in [0.25, 0.3) is 0 Å². The smallest absolute Gasteiger partial charge is 0.411 e. The Hall–Kier alpha value is -2.53. The summed E-state index contributed by atoms with van der Waals surface area (Å²) in [6.45, 7) is 3.59. The molecule has 2 aromatic rings. The third-order valence-electron chi connectivity index (χ3n) is 5.61. The van der Waals surface area contributed by atoms with E-state index in [-0.39, 0.29) is 30.0 Å². The molecule has 1 aliphatic heterocycles. The summed E-state index contributed by atoms with van der Waals surface area (Å²) in [7, 11) is 4.81. The Kier molecular flexibility index (Phi) is 11.2. The highest BCUT2D eigenvalue weighted by molar-refractivity contribution is 14.0. The minimum atomic E-state index is -0.482. The molecule has 1 aliphatic rings. The fraction of sp³-hybridized carbons (Fsp3) is 0.417. The molecule has 0 radical (unpaired) electrons. The summed E-state index contributed by atoms with van der Waals surface area (Å²) in [5, 5.41) is 9.49. The van der Waals surface area contributed by atoms with Gasteiger partial charge in [-0.3, -0.25) is 15.2 Å². The minimum Gasteiger partial charge on any atom is -0.497 e. The topological polar surface area (TPSA) is 87.2 Å². The number of hydrogen-bond acceptors (Lipinski definition) is 5. The van der Waals surface area contributed by atoms with Crippen molar-refractivity contribution in [1.29, 1.82) is 0 Å². The van der Waals surface area contributed by atoms with Gasteiger partial charge in [0, 0.05) is 25.8 Å². The number of nitrogens with one attached hydrogen (secondary N) is 3. The molecular formula is C24H34IN5O3. The molecule has 0 saturated carbocycles. The lowest BCUT2D eigenvalue weighted by atomic mass is 10.1. The first-order valence-corrected chi connectivity index (χ1v) is 10.9. The van der Waals surface area contributed by atoms with Gasteiger partial charge in [-0.05, 0) is 61.3 Å². The second kappa shape index (κ2) is 13.9. The lowest BCUT2D eigenvalue weighted by Crippen LogP contribution is -2.42. The van der Waals surface area contributed by atoms with Crippen LogP contribution in [0.5, 0.6) is 5.75 Å². The molecule has 2 aromatic carbocycles. The molecule has 180 valence electrons. The molecule has 3 N–H and O–H groups in total. The van der Waals surface area contributed by atoms with Crippen LogP contribution in [0.4, 0.5) is 10.5 Å². The lowest BCUT2D eigenvalue weighted by Gasteiger charge is -2.29. The normalized spacial score (nSPS) is 14.7. The number of benzene rings is 2. The molecule has 9 heteroatoms. The van der Waals surface area contributed by atoms with E-state index in [1.165, 1.54) is 25.5 Å². The first-order valence-electron chi connectivity index (χ1n) is 10.9. The van der Waals surface area contributed by atoms with Crippen LogP contribution in [0.3, 0.4) is 0 Å². The lowest BCUT2D eigenvalue weighted by molar-refractivity contribution is 0.187. The minimum absolute atomic E-state index is 0. The van der Waals surface area contributed by atoms with Crippen molar-refractivity contribution in [2.75, 3.05) is 46.2 Å². The maximum atomic E-state index is 11.3. The fourth-order valence-corrected chi connectivity index (χ4v) is 3.81. The monoisotopic (exact) mass is 567 g/mol. The molecule has 1 saturated heterocycles. The Labute approximate surface area is 213 Å². The number of anilines is 1. The first kappa shape index (κ1) is 26.7. The SMILES string of the molecule is CN=C(NCc1ccc(NC(=O)OC)cc1)NCC(c1ccc(OC)cc1)N1CCCC1.I. The van der Waals surface area contributed by atoms with E-state index < -0.39 is 6.09 Å². The van der Waals surface area contributed by atoms with E-state index in [9.17, 15) is 4.79 Å². The van der Waals surface area contributed by atoms with Crippen LogP contribution in [0.1, 0.15) is 30.0 Å². The molecule has 33 heavy (non-hydrogen) atoms. The standard InChI is InChI=1S/C24H33N5O3.HI/c1-25-23(26-16-18-6-10-20(11-7-18)28-24(30)32-3)27-17-22(29-14-4-5-15-29)19-8-12-21(31-2)13-9-19;/h6-13,22H,4-5,14-17H2,1-3H3,(H,28,30)(H2,25,26,27);1H. The second-order valence-electron chi connectivity index (χ2n) is 7.65. The third kappa shape index (κ3) is 8.08. The molecule has 1 fully saturated rings. The van der Waals surface area contributed by atoms with Crippen LogP contribution in [0, 0.1) is 0 Å². The number of ether oxygens (including phenoxy) is 2. The highest BCUT2D eigenvalue weighted by Crippen LogP contribution is 2.26. The van der Waals surface area contributed by atoms with Crippen molar-refractivity contribution < 1.29 is 14.3 Å². The summed E-state index contributed by atoms with van der Waals surface area (Å²) in [6.07, 6.45) is 1.99. The molecule has 8 nitrogen and oxygen atoms in total. The van der Waals surface area contributed by atoms with Crippen LogP contribution in [0.15, 0.2) is 53.5 Å². The summed E-state index contributed by atoms with van der Waals surface area (Å²) in [5.41, 5.74) is 3.04. The van der Waals surface area contributed by atoms with Crippen molar-refractivity contribution in [1.82, 2.24) is 15.5 Å². The Morgan fingerprint density at radius 1 is 1.03 bits per heavy atom. The number of halogens is 1. The van der Waals surface area contributed by atoms with Gasteiger partial charge in [0.1, 0.15) is 5.75 Å². The van der Waals surface area contributed by atoms with Gasteiger partial charge in [-0.2, -0.15) is 0 Å². The van der Waals surface area contributed by atoms with Gasteiger partial charge >= 0.3 is 6.09 Å². The number of rotatable bonds is 8. The number of amides is 1. The molecule has 1 atom stereocenters. The van der Waals surface area contributed by atoms with Gasteiger partial charge in [-0.25, -0.2) is 4.79 Å². The van der Waals surface area contributed by atoms with Crippen LogP contribution >= 0.6 is 24.0 Å². The van der Waals surface area contributed by atoms with Crippen LogP contribution in [-0.4, -0.2) is 57.9 Å². The first-order chi connectivity index (χ1) is 15.6. The van der Waals surface area contributed by atoms with Crippen LogP contribution in [-0.2, 0) is 11.3 Å². The van der Waals surface area contributed by atoms with Gasteiger partial charge in [-0.1, -0.05) is 24.3 Å². The number of carbonyl (C=O) groups excluding carboxylic acids is 1. The molecule has 3 rings (SSSR count). The number of carbonyl (C=O) groups is 1. The fourth-order valence-electron chi connectivity index (χ4n) is 3.81. The average Bonchev–Trinajstić information content (AvgIpc) is 3.37. The summed E-state index contributed by atoms with van der Waals surface area (Å²) in [6, 6.07) is 16.2. The molecule has 0 aliphatic carbocycles. The Bertz CT molecular complexity index is 884. The quantitative estimate of drug-likeness (QED) is 0.254. The summed E-state index contributed by atoms with van der Waals surface area (Å²) < 4.78 is 9.92. The van der Waals surface area contributed by atoms with Crippen LogP contribution in [0.25, 0.3) is 0 Å². The van der Waals surface area contributed by atoms with E-state index in [0.29, 0.717) is 12.2 Å². The highest BCUT2D eigenvalue weighted by atomic mass is 127. The van der Waals surface area contributed by atoms with E-state index in [4.69, 9.17) is 4.74 Å². The molecule has 1 unspecified atom stereocenters. The average molecular weight is 567 g/mol. The summed E-state index contributed by atoms with van der Waals surface area (Å²) in [4.78, 5) is 18.2. The van der Waals surface area contributed by atoms with Crippen molar-refractivity contribution in [2.45, 2.75) is 25.4 Å². The van der Waals surface area contributed by atoms with Gasteiger partial charge in [-0.15, -0.1) is 24.0 Å². The zero-order valence-electron chi connectivity index (χ0n) is 19.5. The van der Waals surface area contributed by atoms with Crippen molar-refractivity contribution >= 4 is 41.7 Å². The predicted molar refractivity (Wildman–Crippen MR) is 143 cm³/mol. The van der Waals surface area contributed by atoms with Gasteiger partial charge < -0.3 is 20.1 Å². The highest BCUT2D eigenvalue weighted by Gasteiger charge is 2.23. The van der Waals surface area contributed by atoms with E-state index >= 15 is 0 Å². The summed E-state index contributed by atoms with van der Waals surface area (Å²) in [5.74, 6) is 1.62. The molecule has 1 heterocycles. The third-order valence-corrected chi connectivity index (χ3v) is 5.61. The van der Waals surface area contributed by atoms with E-state index in [1.54, 1.807) is 14.2 Å². The second-order valence-corrected chi connectivity index (χ2v) is 7.65. The van der Waals surface area contributed by atoms with Gasteiger partial charge in [0.15, 0.2) is 5.96 Å². The summed E-state index contributed by atoms with van der Waals surface area (Å²) >= 11 is 0. The molecule has 0 bridgehead atoms. The van der Waals surface area contributed by atoms with E-state index in [1.807, 2.05) is 36.4 Å². The molecular weight excluding hydrogens is 533 g/mol. The van der Waals surface area contributed by atoms with Crippen molar-refractivity contribution in [3.8, 4) is 5.75 Å². The number of methoxy groups -OCH3 is 2. The van der Waals surface area contributed by atoms with E-state index in [2.05, 4.69) is 42.7 Å². The Morgan fingerprint density at radius 3 is 2.27 bits per heavy atom. The zero-order valence-corrected chi connectivity index (χ0v) is 21.8.